The maximum absolute atomic E-state index is 12.9. The first-order chi connectivity index (χ1) is 14.8. The molecule has 2 saturated heterocycles. The van der Waals surface area contributed by atoms with Crippen LogP contribution >= 0.6 is 0 Å². The lowest BCUT2D eigenvalue weighted by molar-refractivity contribution is -0.141. The topological polar surface area (TPSA) is 65.5 Å². The molecule has 0 saturated carbocycles. The Balaban J connectivity index is 1.19. The van der Waals surface area contributed by atoms with Crippen molar-refractivity contribution in [2.45, 2.75) is 39.0 Å². The molecule has 1 amide bonds. The zero-order chi connectivity index (χ0) is 21.8. The summed E-state index contributed by atoms with van der Waals surface area (Å²) in [7, 11) is 0. The SMILES string of the molecule is Cc1nc2c(c(N3CCC3)n1)CN(C(=O)CC1CN(c3ccnc(C(F)(F)F)c3)C1)C2. The van der Waals surface area contributed by atoms with Crippen molar-refractivity contribution < 1.29 is 18.0 Å². The van der Waals surface area contributed by atoms with E-state index in [2.05, 4.69) is 19.9 Å². The average Bonchev–Trinajstić information content (AvgIpc) is 3.06. The van der Waals surface area contributed by atoms with Gasteiger partial charge in [0.2, 0.25) is 5.91 Å². The minimum absolute atomic E-state index is 0.0561. The van der Waals surface area contributed by atoms with Crippen LogP contribution in [0, 0.1) is 12.8 Å². The van der Waals surface area contributed by atoms with E-state index >= 15 is 0 Å². The molecule has 5 heterocycles. The minimum Gasteiger partial charge on any atom is -0.371 e. The molecular weight excluding hydrogens is 409 g/mol. The van der Waals surface area contributed by atoms with Gasteiger partial charge in [-0.1, -0.05) is 0 Å². The number of anilines is 2. The van der Waals surface area contributed by atoms with Gasteiger partial charge in [0.05, 0.1) is 18.8 Å². The molecule has 2 fully saturated rings. The summed E-state index contributed by atoms with van der Waals surface area (Å²) in [5.41, 5.74) is 1.57. The van der Waals surface area contributed by atoms with Crippen molar-refractivity contribution in [3.8, 4) is 0 Å². The maximum Gasteiger partial charge on any atom is 0.433 e. The summed E-state index contributed by atoms with van der Waals surface area (Å²) >= 11 is 0. The number of amides is 1. The van der Waals surface area contributed by atoms with Gasteiger partial charge < -0.3 is 14.7 Å². The van der Waals surface area contributed by atoms with Crippen LogP contribution in [0.15, 0.2) is 18.3 Å². The molecule has 5 rings (SSSR count). The third-order valence-corrected chi connectivity index (χ3v) is 6.20. The monoisotopic (exact) mass is 432 g/mol. The molecule has 164 valence electrons. The summed E-state index contributed by atoms with van der Waals surface area (Å²) in [5, 5.41) is 0. The Kier molecular flexibility index (Phi) is 4.75. The second-order valence-corrected chi connectivity index (χ2v) is 8.48. The summed E-state index contributed by atoms with van der Waals surface area (Å²) in [6.45, 7) is 5.99. The predicted molar refractivity (Wildman–Crippen MR) is 107 cm³/mol. The maximum atomic E-state index is 12.9. The smallest absolute Gasteiger partial charge is 0.371 e. The van der Waals surface area contributed by atoms with E-state index in [9.17, 15) is 18.0 Å². The molecule has 31 heavy (non-hydrogen) atoms. The van der Waals surface area contributed by atoms with Gasteiger partial charge in [0.1, 0.15) is 17.3 Å². The van der Waals surface area contributed by atoms with Crippen molar-refractivity contribution in [2.75, 3.05) is 36.0 Å². The van der Waals surface area contributed by atoms with Crippen molar-refractivity contribution in [3.05, 3.63) is 41.1 Å². The van der Waals surface area contributed by atoms with Gasteiger partial charge in [0, 0.05) is 56.0 Å². The summed E-state index contributed by atoms with van der Waals surface area (Å²) in [6.07, 6.45) is -1.75. The highest BCUT2D eigenvalue weighted by Gasteiger charge is 2.36. The molecule has 0 aromatic carbocycles. The Labute approximate surface area is 177 Å². The van der Waals surface area contributed by atoms with Gasteiger partial charge in [-0.05, 0) is 25.5 Å². The quantitative estimate of drug-likeness (QED) is 0.740. The summed E-state index contributed by atoms with van der Waals surface area (Å²) < 4.78 is 38.6. The van der Waals surface area contributed by atoms with Crippen LogP contribution in [0.2, 0.25) is 0 Å². The van der Waals surface area contributed by atoms with Gasteiger partial charge in [-0.3, -0.25) is 9.78 Å². The fraction of sp³-hybridized carbons (Fsp3) is 0.524. The second-order valence-electron chi connectivity index (χ2n) is 8.48. The first kappa shape index (κ1) is 20.0. The van der Waals surface area contributed by atoms with Gasteiger partial charge in [0.25, 0.3) is 0 Å². The summed E-state index contributed by atoms with van der Waals surface area (Å²) in [5.74, 6) is 1.86. The van der Waals surface area contributed by atoms with Gasteiger partial charge >= 0.3 is 6.18 Å². The van der Waals surface area contributed by atoms with E-state index < -0.39 is 11.9 Å². The number of halogens is 3. The first-order valence-corrected chi connectivity index (χ1v) is 10.5. The van der Waals surface area contributed by atoms with Crippen molar-refractivity contribution in [1.29, 1.82) is 0 Å². The number of rotatable bonds is 4. The normalized spacial score (nSPS) is 18.6. The van der Waals surface area contributed by atoms with E-state index in [1.807, 2.05) is 16.7 Å². The van der Waals surface area contributed by atoms with Gasteiger partial charge in [-0.15, -0.1) is 0 Å². The minimum atomic E-state index is -4.46. The van der Waals surface area contributed by atoms with Crippen LogP contribution in [0.3, 0.4) is 0 Å². The van der Waals surface area contributed by atoms with Gasteiger partial charge in [-0.25, -0.2) is 9.97 Å². The molecule has 3 aliphatic heterocycles. The first-order valence-electron chi connectivity index (χ1n) is 10.5. The number of alkyl halides is 3. The number of hydrogen-bond donors (Lipinski definition) is 0. The van der Waals surface area contributed by atoms with Crippen LogP contribution in [0.25, 0.3) is 0 Å². The lowest BCUT2D eigenvalue weighted by atomic mass is 9.95. The Morgan fingerprint density at radius 1 is 1.16 bits per heavy atom. The Hall–Kier alpha value is -2.91. The number of nitrogens with zero attached hydrogens (tertiary/aromatic N) is 6. The number of hydrogen-bond acceptors (Lipinski definition) is 6. The Morgan fingerprint density at radius 3 is 2.61 bits per heavy atom. The molecule has 0 atom stereocenters. The van der Waals surface area contributed by atoms with Gasteiger partial charge in [0.15, 0.2) is 0 Å². The number of aryl methyl sites for hydroxylation is 1. The molecule has 2 aromatic heterocycles. The van der Waals surface area contributed by atoms with Crippen LogP contribution in [-0.2, 0) is 24.1 Å². The van der Waals surface area contributed by atoms with Crippen molar-refractivity contribution >= 4 is 17.4 Å². The lowest BCUT2D eigenvalue weighted by Gasteiger charge is -2.41. The molecule has 7 nitrogen and oxygen atoms in total. The van der Waals surface area contributed by atoms with E-state index in [-0.39, 0.29) is 11.8 Å². The molecule has 0 aliphatic carbocycles. The summed E-state index contributed by atoms with van der Waals surface area (Å²) in [6, 6.07) is 2.64. The zero-order valence-corrected chi connectivity index (χ0v) is 17.2. The molecule has 2 aromatic rings. The van der Waals surface area contributed by atoms with Crippen LogP contribution < -0.4 is 9.80 Å². The number of aromatic nitrogens is 3. The van der Waals surface area contributed by atoms with Crippen molar-refractivity contribution in [2.24, 2.45) is 5.92 Å². The molecular formula is C21H23F3N6O. The second kappa shape index (κ2) is 7.35. The number of fused-ring (bicyclic) bond motifs is 1. The molecule has 0 bridgehead atoms. The number of pyridine rings is 1. The molecule has 0 spiro atoms. The molecule has 0 radical (unpaired) electrons. The van der Waals surface area contributed by atoms with E-state index in [4.69, 9.17) is 0 Å². The summed E-state index contributed by atoms with van der Waals surface area (Å²) in [4.78, 5) is 31.3. The Bertz CT molecular complexity index is 1020. The largest absolute Gasteiger partial charge is 0.433 e. The number of carbonyl (C=O) groups is 1. The van der Waals surface area contributed by atoms with Crippen LogP contribution in [0.1, 0.15) is 35.6 Å². The van der Waals surface area contributed by atoms with Crippen LogP contribution in [0.5, 0.6) is 0 Å². The predicted octanol–water partition coefficient (Wildman–Crippen LogP) is 2.78. The molecule has 10 heteroatoms. The van der Waals surface area contributed by atoms with Crippen molar-refractivity contribution in [1.82, 2.24) is 19.9 Å². The highest BCUT2D eigenvalue weighted by Crippen LogP contribution is 2.35. The fourth-order valence-corrected chi connectivity index (χ4v) is 4.38. The molecule has 0 N–H and O–H groups in total. The highest BCUT2D eigenvalue weighted by molar-refractivity contribution is 5.78. The standard InChI is InChI=1S/C21H23F3N6O/c1-13-26-17-12-30(11-16(17)20(27-13)28-5-2-6-28)19(31)7-14-9-29(10-14)15-3-4-25-18(8-15)21(22,23)24/h3-4,8,14H,2,5-7,9-12H2,1H3. The lowest BCUT2D eigenvalue weighted by Crippen LogP contribution is -2.48. The fourth-order valence-electron chi connectivity index (χ4n) is 4.38. The van der Waals surface area contributed by atoms with Crippen molar-refractivity contribution in [3.63, 3.8) is 0 Å². The van der Waals surface area contributed by atoms with Crippen LogP contribution in [0.4, 0.5) is 24.7 Å². The Morgan fingerprint density at radius 2 is 1.94 bits per heavy atom. The highest BCUT2D eigenvalue weighted by atomic mass is 19.4. The molecule has 0 unspecified atom stereocenters. The van der Waals surface area contributed by atoms with E-state index in [0.29, 0.717) is 38.3 Å². The zero-order valence-electron chi connectivity index (χ0n) is 17.2. The van der Waals surface area contributed by atoms with E-state index in [1.54, 1.807) is 6.07 Å². The third kappa shape index (κ3) is 3.79. The van der Waals surface area contributed by atoms with Crippen LogP contribution in [-0.4, -0.2) is 51.9 Å². The average molecular weight is 432 g/mol. The van der Waals surface area contributed by atoms with Gasteiger partial charge in [-0.2, -0.15) is 13.2 Å². The third-order valence-electron chi connectivity index (χ3n) is 6.20. The van der Waals surface area contributed by atoms with E-state index in [0.717, 1.165) is 48.5 Å². The number of carbonyl (C=O) groups excluding carboxylic acids is 1. The molecule has 3 aliphatic rings. The van der Waals surface area contributed by atoms with E-state index in [1.165, 1.54) is 6.20 Å².